The zero-order chi connectivity index (χ0) is 19.8. The minimum Gasteiger partial charge on any atom is -0.378 e. The molecule has 0 saturated carbocycles. The Morgan fingerprint density at radius 3 is 2.86 bits per heavy atom. The van der Waals surface area contributed by atoms with Gasteiger partial charge in [0.15, 0.2) is 0 Å². The summed E-state index contributed by atoms with van der Waals surface area (Å²) in [7, 11) is 0. The van der Waals surface area contributed by atoms with Crippen LogP contribution in [0.2, 0.25) is 0 Å². The van der Waals surface area contributed by atoms with Crippen molar-refractivity contribution in [2.24, 2.45) is 9.98 Å². The maximum atomic E-state index is 12.8. The summed E-state index contributed by atoms with van der Waals surface area (Å²) in [5.74, 6) is 1.16. The first-order chi connectivity index (χ1) is 14.2. The maximum absolute atomic E-state index is 12.8. The van der Waals surface area contributed by atoms with Gasteiger partial charge in [-0.05, 0) is 37.3 Å². The van der Waals surface area contributed by atoms with Crippen LogP contribution in [0.5, 0.6) is 0 Å². The molecule has 1 saturated heterocycles. The number of guanidine groups is 1. The number of amides is 1. The summed E-state index contributed by atoms with van der Waals surface area (Å²) in [4.78, 5) is 30.7. The van der Waals surface area contributed by atoms with Crippen LogP contribution < -0.4 is 10.2 Å². The molecule has 1 amide bonds. The monoisotopic (exact) mass is 390 g/mol. The predicted octanol–water partition coefficient (Wildman–Crippen LogP) is 1.72. The number of ether oxygens (including phenoxy) is 1. The highest BCUT2D eigenvalue weighted by Gasteiger charge is 2.31. The molecule has 0 aliphatic carbocycles. The van der Waals surface area contributed by atoms with E-state index in [1.807, 2.05) is 11.8 Å². The molecule has 0 unspecified atom stereocenters. The third-order valence-electron chi connectivity index (χ3n) is 5.40. The average molecular weight is 390 g/mol. The molecule has 0 radical (unpaired) electrons. The minimum absolute atomic E-state index is 0.214. The molecule has 0 atom stereocenters. The normalized spacial score (nSPS) is 18.0. The average Bonchev–Trinajstić information content (AvgIpc) is 3.25. The van der Waals surface area contributed by atoms with E-state index < -0.39 is 0 Å². The number of morpholine rings is 1. The summed E-state index contributed by atoms with van der Waals surface area (Å²) in [5, 5.41) is 2.97. The number of nitrogens with one attached hydrogen (secondary N) is 1. The standard InChI is InChI=1S/C21H22N6O2/c1-14-16(3-2-6-22-14)20(28)25-21-24-18-13-15(26-9-11-29-12-10-26)4-5-17(18)19-23-7-8-27(19)21/h2-6,13H,7-12H2,1H3,(H,24,25,28). The third kappa shape index (κ3) is 3.25. The maximum Gasteiger partial charge on any atom is 0.259 e. The Bertz CT molecular complexity index is 1030. The van der Waals surface area contributed by atoms with Gasteiger partial charge in [0.2, 0.25) is 5.96 Å². The zero-order valence-corrected chi connectivity index (χ0v) is 16.3. The molecule has 3 aliphatic heterocycles. The molecule has 3 aliphatic rings. The number of rotatable bonds is 2. The molecule has 148 valence electrons. The first-order valence-electron chi connectivity index (χ1n) is 9.81. The van der Waals surface area contributed by atoms with Crippen LogP contribution in [0.25, 0.3) is 0 Å². The number of carbonyl (C=O) groups excluding carboxylic acids is 1. The van der Waals surface area contributed by atoms with Gasteiger partial charge in [0.1, 0.15) is 5.84 Å². The number of amidine groups is 1. The fourth-order valence-corrected chi connectivity index (χ4v) is 3.87. The summed E-state index contributed by atoms with van der Waals surface area (Å²) in [6.07, 6.45) is 1.68. The second kappa shape index (κ2) is 7.29. The number of pyridine rings is 1. The third-order valence-corrected chi connectivity index (χ3v) is 5.40. The van der Waals surface area contributed by atoms with E-state index >= 15 is 0 Å². The van der Waals surface area contributed by atoms with Gasteiger partial charge in [0.25, 0.3) is 5.91 Å². The number of aryl methyl sites for hydroxylation is 1. The summed E-state index contributed by atoms with van der Waals surface area (Å²) in [5.41, 5.74) is 4.16. The van der Waals surface area contributed by atoms with Gasteiger partial charge in [-0.2, -0.15) is 0 Å². The molecule has 8 heteroatoms. The van der Waals surface area contributed by atoms with E-state index in [1.165, 1.54) is 0 Å². The van der Waals surface area contributed by atoms with Gasteiger partial charge in [-0.25, -0.2) is 4.99 Å². The van der Waals surface area contributed by atoms with Gasteiger partial charge in [0, 0.05) is 42.8 Å². The van der Waals surface area contributed by atoms with Crippen LogP contribution in [0.15, 0.2) is 46.5 Å². The molecule has 1 aromatic heterocycles. The van der Waals surface area contributed by atoms with Crippen LogP contribution in [-0.2, 0) is 4.74 Å². The van der Waals surface area contributed by atoms with E-state index in [9.17, 15) is 4.79 Å². The van der Waals surface area contributed by atoms with Gasteiger partial charge in [-0.3, -0.25) is 25.0 Å². The Balaban J connectivity index is 1.48. The van der Waals surface area contributed by atoms with E-state index in [2.05, 4.69) is 38.4 Å². The number of aliphatic imine (C=N–C) groups is 2. The number of hydrogen-bond acceptors (Lipinski definition) is 7. The van der Waals surface area contributed by atoms with E-state index in [1.54, 1.807) is 18.3 Å². The molecule has 29 heavy (non-hydrogen) atoms. The fraction of sp³-hybridized carbons (Fsp3) is 0.333. The lowest BCUT2D eigenvalue weighted by Crippen LogP contribution is -2.47. The Hall–Kier alpha value is -3.26. The van der Waals surface area contributed by atoms with Gasteiger partial charge >= 0.3 is 0 Å². The van der Waals surface area contributed by atoms with Crippen LogP contribution in [0.1, 0.15) is 21.6 Å². The number of fused-ring (bicyclic) bond motifs is 3. The molecule has 1 fully saturated rings. The molecule has 0 spiro atoms. The first kappa shape index (κ1) is 17.8. The highest BCUT2D eigenvalue weighted by atomic mass is 16.5. The summed E-state index contributed by atoms with van der Waals surface area (Å²) >= 11 is 0. The SMILES string of the molecule is Cc1ncccc1C(=O)NC1=Nc2cc(N3CCOCC3)ccc2C2=NCCN12. The highest BCUT2D eigenvalue weighted by Crippen LogP contribution is 2.32. The number of aromatic nitrogens is 1. The van der Waals surface area contributed by atoms with Crippen LogP contribution in [0.4, 0.5) is 11.4 Å². The Morgan fingerprint density at radius 1 is 1.17 bits per heavy atom. The van der Waals surface area contributed by atoms with Crippen LogP contribution in [0, 0.1) is 6.92 Å². The topological polar surface area (TPSA) is 82.4 Å². The second-order valence-corrected chi connectivity index (χ2v) is 7.18. The van der Waals surface area contributed by atoms with Gasteiger partial charge < -0.3 is 9.64 Å². The van der Waals surface area contributed by atoms with Crippen molar-refractivity contribution in [3.8, 4) is 0 Å². The number of hydrogen-bond donors (Lipinski definition) is 1. The van der Waals surface area contributed by atoms with Crippen molar-refractivity contribution < 1.29 is 9.53 Å². The fourth-order valence-electron chi connectivity index (χ4n) is 3.87. The van der Waals surface area contributed by atoms with Crippen molar-refractivity contribution >= 4 is 29.1 Å². The molecule has 0 bridgehead atoms. The van der Waals surface area contributed by atoms with Crippen molar-refractivity contribution in [2.75, 3.05) is 44.3 Å². The van der Waals surface area contributed by atoms with Gasteiger partial charge in [0.05, 0.1) is 31.0 Å². The van der Waals surface area contributed by atoms with Gasteiger partial charge in [-0.1, -0.05) is 0 Å². The molecule has 2 aromatic rings. The van der Waals surface area contributed by atoms with Crippen LogP contribution in [-0.4, -0.2) is 67.0 Å². The molecule has 1 N–H and O–H groups in total. The van der Waals surface area contributed by atoms with Crippen molar-refractivity contribution in [3.63, 3.8) is 0 Å². The van der Waals surface area contributed by atoms with E-state index in [0.717, 1.165) is 49.1 Å². The number of anilines is 1. The lowest BCUT2D eigenvalue weighted by molar-refractivity contribution is 0.0973. The summed E-state index contributed by atoms with van der Waals surface area (Å²) in [6.45, 7) is 6.38. The molecule has 4 heterocycles. The predicted molar refractivity (Wildman–Crippen MR) is 111 cm³/mol. The van der Waals surface area contributed by atoms with E-state index in [0.29, 0.717) is 30.3 Å². The van der Waals surface area contributed by atoms with E-state index in [-0.39, 0.29) is 5.91 Å². The lowest BCUT2D eigenvalue weighted by Gasteiger charge is -2.31. The molecular formula is C21H22N6O2. The second-order valence-electron chi connectivity index (χ2n) is 7.18. The Morgan fingerprint density at radius 2 is 2.03 bits per heavy atom. The van der Waals surface area contributed by atoms with Crippen molar-refractivity contribution in [3.05, 3.63) is 53.3 Å². The molecular weight excluding hydrogens is 368 g/mol. The Kier molecular flexibility index (Phi) is 4.48. The molecule has 8 nitrogen and oxygen atoms in total. The largest absolute Gasteiger partial charge is 0.378 e. The zero-order valence-electron chi connectivity index (χ0n) is 16.3. The van der Waals surface area contributed by atoms with Crippen LogP contribution >= 0.6 is 0 Å². The number of benzene rings is 1. The summed E-state index contributed by atoms with van der Waals surface area (Å²) < 4.78 is 5.46. The van der Waals surface area contributed by atoms with Crippen LogP contribution in [0.3, 0.4) is 0 Å². The molecule has 1 aromatic carbocycles. The first-order valence-corrected chi connectivity index (χ1v) is 9.81. The van der Waals surface area contributed by atoms with Crippen molar-refractivity contribution in [1.29, 1.82) is 0 Å². The Labute approximate surface area is 168 Å². The highest BCUT2D eigenvalue weighted by molar-refractivity contribution is 6.19. The molecule has 5 rings (SSSR count). The number of nitrogens with zero attached hydrogens (tertiary/aromatic N) is 5. The summed E-state index contributed by atoms with van der Waals surface area (Å²) in [6, 6.07) is 9.79. The number of carbonyl (C=O) groups is 1. The van der Waals surface area contributed by atoms with E-state index in [4.69, 9.17) is 9.73 Å². The van der Waals surface area contributed by atoms with Crippen molar-refractivity contribution in [2.45, 2.75) is 6.92 Å². The minimum atomic E-state index is -0.214. The smallest absolute Gasteiger partial charge is 0.259 e. The van der Waals surface area contributed by atoms with Crippen molar-refractivity contribution in [1.82, 2.24) is 15.2 Å². The van der Waals surface area contributed by atoms with Gasteiger partial charge in [-0.15, -0.1) is 0 Å². The quantitative estimate of drug-likeness (QED) is 0.844. The lowest BCUT2D eigenvalue weighted by atomic mass is 10.1.